The third-order valence-corrected chi connectivity index (χ3v) is 4.61. The third kappa shape index (κ3) is 4.52. The summed E-state index contributed by atoms with van der Waals surface area (Å²) in [7, 11) is 0. The maximum Gasteiger partial charge on any atom is 0.228 e. The third-order valence-electron chi connectivity index (χ3n) is 3.64. The molecule has 0 radical (unpaired) electrons. The van der Waals surface area contributed by atoms with Crippen LogP contribution in [0, 0.1) is 13.8 Å². The molecule has 0 bridgehead atoms. The summed E-state index contributed by atoms with van der Waals surface area (Å²) in [4.78, 5) is 20.1. The molecule has 0 spiro atoms. The summed E-state index contributed by atoms with van der Waals surface area (Å²) in [5.74, 6) is 0.132. The number of carbonyl (C=O) groups excluding carboxylic acids is 1. The Morgan fingerprint density at radius 3 is 2.48 bits per heavy atom. The van der Waals surface area contributed by atoms with Crippen LogP contribution in [-0.2, 0) is 11.2 Å². The summed E-state index contributed by atoms with van der Waals surface area (Å²) in [6.45, 7) is 13.2. The van der Waals surface area contributed by atoms with Gasteiger partial charge in [0, 0.05) is 23.5 Å². The fraction of sp³-hybridized carbons (Fsp3) is 0.368. The summed E-state index contributed by atoms with van der Waals surface area (Å²) in [5.41, 5.74) is 4.23. The Labute approximate surface area is 142 Å². The van der Waals surface area contributed by atoms with Crippen LogP contribution in [0.2, 0.25) is 0 Å². The van der Waals surface area contributed by atoms with Gasteiger partial charge in [-0.05, 0) is 27.7 Å². The summed E-state index contributed by atoms with van der Waals surface area (Å²) in [5, 5.41) is 0.992. The molecule has 4 heteroatoms. The molecule has 0 aliphatic rings. The van der Waals surface area contributed by atoms with Crippen LogP contribution >= 0.6 is 11.3 Å². The van der Waals surface area contributed by atoms with Crippen molar-refractivity contribution in [1.29, 1.82) is 0 Å². The van der Waals surface area contributed by atoms with Crippen molar-refractivity contribution in [1.82, 2.24) is 9.88 Å². The van der Waals surface area contributed by atoms with Gasteiger partial charge in [0.1, 0.15) is 0 Å². The highest BCUT2D eigenvalue weighted by Gasteiger charge is 2.18. The van der Waals surface area contributed by atoms with Crippen molar-refractivity contribution < 1.29 is 4.79 Å². The number of aromatic nitrogens is 1. The summed E-state index contributed by atoms with van der Waals surface area (Å²) < 4.78 is 0. The molecule has 0 unspecified atom stereocenters. The Kier molecular flexibility index (Phi) is 5.72. The number of amides is 1. The van der Waals surface area contributed by atoms with E-state index < -0.39 is 0 Å². The van der Waals surface area contributed by atoms with E-state index in [0.29, 0.717) is 19.5 Å². The smallest absolute Gasteiger partial charge is 0.228 e. The molecule has 0 atom stereocenters. The molecule has 2 rings (SSSR count). The van der Waals surface area contributed by atoms with Crippen LogP contribution < -0.4 is 0 Å². The first kappa shape index (κ1) is 17.4. The molecule has 0 aliphatic carbocycles. The van der Waals surface area contributed by atoms with Gasteiger partial charge in [-0.25, -0.2) is 4.98 Å². The van der Waals surface area contributed by atoms with E-state index in [4.69, 9.17) is 0 Å². The summed E-state index contributed by atoms with van der Waals surface area (Å²) >= 11 is 1.61. The van der Waals surface area contributed by atoms with E-state index in [-0.39, 0.29) is 5.91 Å². The van der Waals surface area contributed by atoms with Gasteiger partial charge >= 0.3 is 0 Å². The lowest BCUT2D eigenvalue weighted by molar-refractivity contribution is -0.129. The zero-order valence-corrected chi connectivity index (χ0v) is 15.2. The van der Waals surface area contributed by atoms with Crippen LogP contribution in [0.1, 0.15) is 29.3 Å². The normalized spacial score (nSPS) is 10.6. The first-order chi connectivity index (χ1) is 10.9. The number of thiazole rings is 1. The van der Waals surface area contributed by atoms with Gasteiger partial charge in [-0.15, -0.1) is 11.3 Å². The molecule has 2 aromatic rings. The van der Waals surface area contributed by atoms with Crippen LogP contribution in [0.15, 0.2) is 36.4 Å². The number of benzene rings is 1. The Balaban J connectivity index is 2.25. The number of aryl methyl sites for hydroxylation is 2. The lowest BCUT2D eigenvalue weighted by atomic mass is 10.1. The Morgan fingerprint density at radius 1 is 1.26 bits per heavy atom. The standard InChI is InChI=1S/C19H24N2OS/c1-6-21(12-13(2)3)18(22)11-17-19(20-15(5)23-17)16-9-7-14(4)8-10-16/h7-10H,2,6,11-12H2,1,3-5H3. The molecule has 23 heavy (non-hydrogen) atoms. The number of likely N-dealkylation sites (N-methyl/N-ethyl adjacent to an activating group) is 1. The summed E-state index contributed by atoms with van der Waals surface area (Å²) in [6, 6.07) is 8.30. The molecule has 122 valence electrons. The first-order valence-electron chi connectivity index (χ1n) is 7.86. The predicted molar refractivity (Wildman–Crippen MR) is 97.8 cm³/mol. The average molecular weight is 328 g/mol. The van der Waals surface area contributed by atoms with E-state index in [9.17, 15) is 4.79 Å². The quantitative estimate of drug-likeness (QED) is 0.737. The molecule has 1 aromatic heterocycles. The minimum Gasteiger partial charge on any atom is -0.339 e. The number of hydrogen-bond acceptors (Lipinski definition) is 3. The molecule has 0 aliphatic heterocycles. The largest absolute Gasteiger partial charge is 0.339 e. The number of carbonyl (C=O) groups is 1. The number of hydrogen-bond donors (Lipinski definition) is 0. The SMILES string of the molecule is C=C(C)CN(CC)C(=O)Cc1sc(C)nc1-c1ccc(C)cc1. The minimum absolute atomic E-state index is 0.132. The number of rotatable bonds is 6. The Hall–Kier alpha value is -1.94. The fourth-order valence-corrected chi connectivity index (χ4v) is 3.43. The van der Waals surface area contributed by atoms with Crippen molar-refractivity contribution >= 4 is 17.2 Å². The zero-order valence-electron chi connectivity index (χ0n) is 14.3. The monoisotopic (exact) mass is 328 g/mol. The second-order valence-corrected chi connectivity index (χ2v) is 7.20. The molecule has 0 saturated carbocycles. The van der Waals surface area contributed by atoms with Gasteiger partial charge in [0.25, 0.3) is 0 Å². The molecule has 1 heterocycles. The highest BCUT2D eigenvalue weighted by Crippen LogP contribution is 2.29. The van der Waals surface area contributed by atoms with Gasteiger partial charge in [0.15, 0.2) is 0 Å². The van der Waals surface area contributed by atoms with Crippen LogP contribution in [0.3, 0.4) is 0 Å². The topological polar surface area (TPSA) is 33.2 Å². The van der Waals surface area contributed by atoms with E-state index >= 15 is 0 Å². The highest BCUT2D eigenvalue weighted by molar-refractivity contribution is 7.12. The molecule has 1 amide bonds. The Morgan fingerprint density at radius 2 is 1.91 bits per heavy atom. The maximum absolute atomic E-state index is 12.6. The summed E-state index contributed by atoms with van der Waals surface area (Å²) in [6.07, 6.45) is 0.399. The zero-order chi connectivity index (χ0) is 17.0. The van der Waals surface area contributed by atoms with Crippen molar-refractivity contribution in [3.8, 4) is 11.3 Å². The minimum atomic E-state index is 0.132. The van der Waals surface area contributed by atoms with Crippen LogP contribution in [0.4, 0.5) is 0 Å². The molecule has 0 saturated heterocycles. The second-order valence-electron chi connectivity index (χ2n) is 5.91. The van der Waals surface area contributed by atoms with Crippen molar-refractivity contribution in [2.75, 3.05) is 13.1 Å². The van der Waals surface area contributed by atoms with Gasteiger partial charge in [-0.3, -0.25) is 4.79 Å². The fourth-order valence-electron chi connectivity index (χ4n) is 2.48. The lowest BCUT2D eigenvalue weighted by Gasteiger charge is -2.20. The maximum atomic E-state index is 12.6. The van der Waals surface area contributed by atoms with Gasteiger partial charge in [-0.1, -0.05) is 42.0 Å². The highest BCUT2D eigenvalue weighted by atomic mass is 32.1. The molecular formula is C19H24N2OS. The van der Waals surface area contributed by atoms with Crippen molar-refractivity contribution in [2.45, 2.75) is 34.1 Å². The van der Waals surface area contributed by atoms with Gasteiger partial charge in [0.05, 0.1) is 17.1 Å². The number of nitrogens with zero attached hydrogens (tertiary/aromatic N) is 2. The molecular weight excluding hydrogens is 304 g/mol. The van der Waals surface area contributed by atoms with E-state index in [1.807, 2.05) is 25.7 Å². The van der Waals surface area contributed by atoms with Gasteiger partial charge in [0.2, 0.25) is 5.91 Å². The predicted octanol–water partition coefficient (Wildman–Crippen LogP) is 4.39. The van der Waals surface area contributed by atoms with E-state index in [1.54, 1.807) is 11.3 Å². The molecule has 0 N–H and O–H groups in total. The molecule has 1 aromatic carbocycles. The first-order valence-corrected chi connectivity index (χ1v) is 8.67. The lowest BCUT2D eigenvalue weighted by Crippen LogP contribution is -2.33. The van der Waals surface area contributed by atoms with Crippen LogP contribution in [0.5, 0.6) is 0 Å². The average Bonchev–Trinajstić information content (AvgIpc) is 2.85. The Bertz CT molecular complexity index is 701. The van der Waals surface area contributed by atoms with E-state index in [1.165, 1.54) is 5.56 Å². The van der Waals surface area contributed by atoms with Crippen molar-refractivity contribution in [2.24, 2.45) is 0 Å². The van der Waals surface area contributed by atoms with Gasteiger partial charge < -0.3 is 4.90 Å². The van der Waals surface area contributed by atoms with Crippen molar-refractivity contribution in [3.63, 3.8) is 0 Å². The molecule has 0 fully saturated rings. The van der Waals surface area contributed by atoms with Crippen molar-refractivity contribution in [3.05, 3.63) is 51.9 Å². The van der Waals surface area contributed by atoms with Crippen LogP contribution in [0.25, 0.3) is 11.3 Å². The van der Waals surface area contributed by atoms with E-state index in [2.05, 4.69) is 42.8 Å². The van der Waals surface area contributed by atoms with E-state index in [0.717, 1.165) is 26.7 Å². The molecule has 3 nitrogen and oxygen atoms in total. The van der Waals surface area contributed by atoms with Gasteiger partial charge in [-0.2, -0.15) is 0 Å². The van der Waals surface area contributed by atoms with Crippen LogP contribution in [-0.4, -0.2) is 28.9 Å². The second kappa shape index (κ2) is 7.55.